The van der Waals surface area contributed by atoms with Gasteiger partial charge in [-0.15, -0.1) is 0 Å². The van der Waals surface area contributed by atoms with E-state index in [2.05, 4.69) is 15.3 Å². The summed E-state index contributed by atoms with van der Waals surface area (Å²) in [6.07, 6.45) is 3.59. The van der Waals surface area contributed by atoms with Gasteiger partial charge in [0.05, 0.1) is 23.5 Å². The van der Waals surface area contributed by atoms with Crippen molar-refractivity contribution in [3.8, 4) is 0 Å². The molecule has 0 bridgehead atoms. The van der Waals surface area contributed by atoms with E-state index in [1.54, 1.807) is 12.4 Å². The minimum Gasteiger partial charge on any atom is -0.444 e. The standard InChI is InChI=1S/C13H19ClN4O2/c1-13(2,3)20-12(19)17-10-4-5-18(8-10)11-15-6-9(14)7-16-11/h6-7,10H,4-5,8H2,1-3H3,(H,17,19)/t10-/m1/s1. The highest BCUT2D eigenvalue weighted by atomic mass is 35.5. The summed E-state index contributed by atoms with van der Waals surface area (Å²) in [5, 5.41) is 3.37. The van der Waals surface area contributed by atoms with Crippen LogP contribution in [-0.4, -0.2) is 40.8 Å². The Hall–Kier alpha value is -1.56. The van der Waals surface area contributed by atoms with E-state index in [4.69, 9.17) is 16.3 Å². The van der Waals surface area contributed by atoms with Crippen molar-refractivity contribution in [2.24, 2.45) is 0 Å². The van der Waals surface area contributed by atoms with E-state index in [1.807, 2.05) is 25.7 Å². The van der Waals surface area contributed by atoms with Gasteiger partial charge in [-0.1, -0.05) is 11.6 Å². The molecule has 0 aliphatic carbocycles. The first-order valence-corrected chi connectivity index (χ1v) is 6.93. The van der Waals surface area contributed by atoms with E-state index in [1.165, 1.54) is 0 Å². The number of aromatic nitrogens is 2. The Morgan fingerprint density at radius 2 is 2.10 bits per heavy atom. The molecule has 1 amide bonds. The number of anilines is 1. The third kappa shape index (κ3) is 4.23. The Balaban J connectivity index is 1.86. The van der Waals surface area contributed by atoms with Crippen molar-refractivity contribution in [2.75, 3.05) is 18.0 Å². The molecule has 1 atom stereocenters. The van der Waals surface area contributed by atoms with Crippen LogP contribution in [0, 0.1) is 0 Å². The van der Waals surface area contributed by atoms with E-state index in [0.29, 0.717) is 17.5 Å². The Kier molecular flexibility index (Phi) is 4.32. The molecule has 0 spiro atoms. The molecule has 0 unspecified atom stereocenters. The van der Waals surface area contributed by atoms with Gasteiger partial charge in [0, 0.05) is 13.1 Å². The molecule has 110 valence electrons. The lowest BCUT2D eigenvalue weighted by molar-refractivity contribution is 0.0509. The number of ether oxygens (including phenoxy) is 1. The second kappa shape index (κ2) is 5.83. The molecule has 0 radical (unpaired) electrons. The summed E-state index contributed by atoms with van der Waals surface area (Å²) in [5.41, 5.74) is -0.484. The lowest BCUT2D eigenvalue weighted by Gasteiger charge is -2.22. The quantitative estimate of drug-likeness (QED) is 0.907. The fourth-order valence-electron chi connectivity index (χ4n) is 2.00. The Morgan fingerprint density at radius 1 is 1.45 bits per heavy atom. The molecule has 0 aromatic carbocycles. The predicted molar refractivity (Wildman–Crippen MR) is 77.0 cm³/mol. The molecule has 2 heterocycles. The molecule has 1 saturated heterocycles. The molecule has 1 fully saturated rings. The normalized spacial score (nSPS) is 19.0. The summed E-state index contributed by atoms with van der Waals surface area (Å²) >= 11 is 5.76. The van der Waals surface area contributed by atoms with Gasteiger partial charge in [0.25, 0.3) is 0 Å². The van der Waals surface area contributed by atoms with Crippen LogP contribution in [0.2, 0.25) is 5.02 Å². The summed E-state index contributed by atoms with van der Waals surface area (Å²) in [6, 6.07) is 0.0455. The van der Waals surface area contributed by atoms with Crippen molar-refractivity contribution in [1.82, 2.24) is 15.3 Å². The van der Waals surface area contributed by atoms with Crippen LogP contribution in [0.4, 0.5) is 10.7 Å². The van der Waals surface area contributed by atoms with Crippen molar-refractivity contribution in [3.05, 3.63) is 17.4 Å². The van der Waals surface area contributed by atoms with Gasteiger partial charge in [-0.3, -0.25) is 0 Å². The number of halogens is 1. The van der Waals surface area contributed by atoms with E-state index < -0.39 is 5.60 Å². The number of rotatable bonds is 2. The van der Waals surface area contributed by atoms with E-state index in [0.717, 1.165) is 13.0 Å². The summed E-state index contributed by atoms with van der Waals surface area (Å²) in [7, 11) is 0. The number of carbonyl (C=O) groups is 1. The molecule has 1 N–H and O–H groups in total. The van der Waals surface area contributed by atoms with Gasteiger partial charge in [0.1, 0.15) is 5.60 Å². The minimum absolute atomic E-state index is 0.0455. The zero-order chi connectivity index (χ0) is 14.8. The zero-order valence-electron chi connectivity index (χ0n) is 11.9. The maximum Gasteiger partial charge on any atom is 0.407 e. The lowest BCUT2D eigenvalue weighted by Crippen LogP contribution is -2.40. The number of amides is 1. The Morgan fingerprint density at radius 3 is 2.70 bits per heavy atom. The lowest BCUT2D eigenvalue weighted by atomic mass is 10.2. The van der Waals surface area contributed by atoms with Gasteiger partial charge in [-0.25, -0.2) is 14.8 Å². The first-order chi connectivity index (χ1) is 9.33. The van der Waals surface area contributed by atoms with Gasteiger partial charge >= 0.3 is 6.09 Å². The van der Waals surface area contributed by atoms with Gasteiger partial charge in [0.2, 0.25) is 5.95 Å². The minimum atomic E-state index is -0.484. The van der Waals surface area contributed by atoms with Crippen molar-refractivity contribution in [2.45, 2.75) is 38.8 Å². The van der Waals surface area contributed by atoms with Crippen LogP contribution in [0.1, 0.15) is 27.2 Å². The third-order valence-electron chi connectivity index (χ3n) is 2.80. The molecule has 7 heteroatoms. The second-order valence-corrected chi connectivity index (χ2v) is 6.22. The number of carbonyl (C=O) groups excluding carboxylic acids is 1. The molecular weight excluding hydrogens is 280 g/mol. The van der Waals surface area contributed by atoms with Crippen LogP contribution in [0.3, 0.4) is 0 Å². The monoisotopic (exact) mass is 298 g/mol. The summed E-state index contributed by atoms with van der Waals surface area (Å²) < 4.78 is 5.24. The van der Waals surface area contributed by atoms with Crippen LogP contribution < -0.4 is 10.2 Å². The van der Waals surface area contributed by atoms with E-state index in [9.17, 15) is 4.79 Å². The fourth-order valence-corrected chi connectivity index (χ4v) is 2.10. The van der Waals surface area contributed by atoms with Gasteiger partial charge in [-0.2, -0.15) is 0 Å². The summed E-state index contributed by atoms with van der Waals surface area (Å²) in [4.78, 5) is 22.1. The maximum absolute atomic E-state index is 11.7. The fraction of sp³-hybridized carbons (Fsp3) is 0.615. The van der Waals surface area contributed by atoms with Crippen LogP contribution >= 0.6 is 11.6 Å². The van der Waals surface area contributed by atoms with E-state index >= 15 is 0 Å². The van der Waals surface area contributed by atoms with Crippen molar-refractivity contribution in [1.29, 1.82) is 0 Å². The van der Waals surface area contributed by atoms with Crippen LogP contribution in [0.15, 0.2) is 12.4 Å². The molecule has 1 aliphatic heterocycles. The molecule has 2 rings (SSSR count). The van der Waals surface area contributed by atoms with Crippen LogP contribution in [0.5, 0.6) is 0 Å². The van der Waals surface area contributed by atoms with E-state index in [-0.39, 0.29) is 12.1 Å². The highest BCUT2D eigenvalue weighted by Gasteiger charge is 2.27. The number of hydrogen-bond donors (Lipinski definition) is 1. The van der Waals surface area contributed by atoms with Gasteiger partial charge in [-0.05, 0) is 27.2 Å². The van der Waals surface area contributed by atoms with Crippen molar-refractivity contribution < 1.29 is 9.53 Å². The van der Waals surface area contributed by atoms with Crippen molar-refractivity contribution >= 4 is 23.6 Å². The van der Waals surface area contributed by atoms with Crippen molar-refractivity contribution in [3.63, 3.8) is 0 Å². The van der Waals surface area contributed by atoms with Crippen LogP contribution in [-0.2, 0) is 4.74 Å². The Labute approximate surface area is 123 Å². The molecule has 6 nitrogen and oxygen atoms in total. The zero-order valence-corrected chi connectivity index (χ0v) is 12.6. The topological polar surface area (TPSA) is 67.3 Å². The molecule has 0 saturated carbocycles. The Bertz CT molecular complexity index is 472. The molecular formula is C13H19ClN4O2. The molecule has 20 heavy (non-hydrogen) atoms. The van der Waals surface area contributed by atoms with Gasteiger partial charge in [0.15, 0.2) is 0 Å². The smallest absolute Gasteiger partial charge is 0.407 e. The average Bonchev–Trinajstić information content (AvgIpc) is 2.75. The summed E-state index contributed by atoms with van der Waals surface area (Å²) in [6.45, 7) is 6.99. The molecule has 1 aromatic heterocycles. The second-order valence-electron chi connectivity index (χ2n) is 5.78. The molecule has 1 aliphatic rings. The number of nitrogens with zero attached hydrogens (tertiary/aromatic N) is 3. The first-order valence-electron chi connectivity index (χ1n) is 6.55. The highest BCUT2D eigenvalue weighted by molar-refractivity contribution is 6.30. The third-order valence-corrected chi connectivity index (χ3v) is 2.99. The summed E-state index contributed by atoms with van der Waals surface area (Å²) in [5.74, 6) is 0.628. The first kappa shape index (κ1) is 14.8. The average molecular weight is 299 g/mol. The SMILES string of the molecule is CC(C)(C)OC(=O)N[C@@H]1CCN(c2ncc(Cl)cn2)C1. The number of nitrogens with one attached hydrogen (secondary N) is 1. The predicted octanol–water partition coefficient (Wildman–Crippen LogP) is 2.23. The largest absolute Gasteiger partial charge is 0.444 e. The van der Waals surface area contributed by atoms with Gasteiger partial charge < -0.3 is 15.0 Å². The molecule has 1 aromatic rings. The maximum atomic E-state index is 11.7. The van der Waals surface area contributed by atoms with Crippen LogP contribution in [0.25, 0.3) is 0 Å². The number of alkyl carbamates (subject to hydrolysis) is 1. The highest BCUT2D eigenvalue weighted by Crippen LogP contribution is 2.17. The number of hydrogen-bond acceptors (Lipinski definition) is 5.